The Bertz CT molecular complexity index is 556. The van der Waals surface area contributed by atoms with Gasteiger partial charge in [-0.05, 0) is 0 Å². The number of ether oxygens (including phenoxy) is 1. The second kappa shape index (κ2) is 3.52. The Kier molecular flexibility index (Phi) is 2.20. The van der Waals surface area contributed by atoms with Crippen LogP contribution in [-0.4, -0.2) is 25.6 Å². The monoisotopic (exact) mass is 208 g/mol. The van der Waals surface area contributed by atoms with Crippen molar-refractivity contribution < 1.29 is 9.53 Å². The average Bonchev–Trinajstić information content (AvgIpc) is 2.70. The highest BCUT2D eigenvalue weighted by Crippen LogP contribution is 2.02. The maximum absolute atomic E-state index is 11.6. The molecule has 0 aromatic carbocycles. The molecule has 0 fully saturated rings. The first-order valence-corrected chi connectivity index (χ1v) is 4.34. The van der Waals surface area contributed by atoms with Gasteiger partial charge in [0, 0.05) is 6.42 Å². The third-order valence-electron chi connectivity index (χ3n) is 1.79. The van der Waals surface area contributed by atoms with Crippen molar-refractivity contribution >= 4 is 11.7 Å². The molecule has 0 saturated carbocycles. The zero-order chi connectivity index (χ0) is 10.8. The molecule has 0 aliphatic heterocycles. The zero-order valence-corrected chi connectivity index (χ0v) is 7.93. The van der Waals surface area contributed by atoms with Crippen molar-refractivity contribution in [1.29, 1.82) is 0 Å². The fraction of sp³-hybridized carbons (Fsp3) is 0.250. The summed E-state index contributed by atoms with van der Waals surface area (Å²) in [6.45, 7) is 1.64. The molecule has 0 spiro atoms. The molecule has 0 radical (unpaired) electrons. The molecule has 2 rings (SSSR count). The molecule has 7 heteroatoms. The molecule has 0 aliphatic carbocycles. The van der Waals surface area contributed by atoms with Crippen molar-refractivity contribution in [2.75, 3.05) is 0 Å². The Morgan fingerprint density at radius 1 is 1.60 bits per heavy atom. The molecule has 0 bridgehead atoms. The quantitative estimate of drug-likeness (QED) is 0.686. The molecule has 7 nitrogen and oxygen atoms in total. The van der Waals surface area contributed by atoms with Crippen LogP contribution in [0.4, 0.5) is 0 Å². The lowest BCUT2D eigenvalue weighted by Gasteiger charge is -2.00. The van der Waals surface area contributed by atoms with E-state index < -0.39 is 11.5 Å². The van der Waals surface area contributed by atoms with Crippen LogP contribution < -0.4 is 10.3 Å². The van der Waals surface area contributed by atoms with Gasteiger partial charge in [-0.25, -0.2) is 9.97 Å². The summed E-state index contributed by atoms with van der Waals surface area (Å²) < 4.78 is 5.88. The molecule has 1 N–H and O–H groups in total. The maximum Gasteiger partial charge on any atom is 0.317 e. The van der Waals surface area contributed by atoms with E-state index in [1.807, 2.05) is 0 Å². The SMILES string of the molecule is CCC(=O)Oc1cnc2nc[nH]n2c1=O. The average molecular weight is 208 g/mol. The topological polar surface area (TPSA) is 89.3 Å². The number of nitrogens with one attached hydrogen (secondary N) is 1. The van der Waals surface area contributed by atoms with E-state index in [2.05, 4.69) is 15.1 Å². The van der Waals surface area contributed by atoms with E-state index in [0.717, 1.165) is 4.52 Å². The summed E-state index contributed by atoms with van der Waals surface area (Å²) in [5.41, 5.74) is -0.487. The number of rotatable bonds is 2. The minimum Gasteiger partial charge on any atom is -0.419 e. The minimum absolute atomic E-state index is 0.108. The first-order chi connectivity index (χ1) is 7.22. The fourth-order valence-electron chi connectivity index (χ4n) is 1.05. The van der Waals surface area contributed by atoms with Crippen molar-refractivity contribution in [1.82, 2.24) is 19.6 Å². The largest absolute Gasteiger partial charge is 0.419 e. The van der Waals surface area contributed by atoms with E-state index in [-0.39, 0.29) is 17.9 Å². The number of nitrogens with zero attached hydrogens (tertiary/aromatic N) is 3. The number of H-pyrrole nitrogens is 1. The van der Waals surface area contributed by atoms with Gasteiger partial charge in [0.05, 0.1) is 6.20 Å². The van der Waals surface area contributed by atoms with Crippen LogP contribution in [0.15, 0.2) is 17.3 Å². The molecule has 2 aromatic rings. The lowest BCUT2D eigenvalue weighted by Crippen LogP contribution is -2.20. The Morgan fingerprint density at radius 3 is 3.13 bits per heavy atom. The van der Waals surface area contributed by atoms with Gasteiger partial charge in [0.1, 0.15) is 6.33 Å². The lowest BCUT2D eigenvalue weighted by atomic mass is 10.5. The van der Waals surface area contributed by atoms with E-state index in [0.29, 0.717) is 0 Å². The second-order valence-corrected chi connectivity index (χ2v) is 2.78. The molecule has 2 aromatic heterocycles. The van der Waals surface area contributed by atoms with Crippen molar-refractivity contribution in [2.24, 2.45) is 0 Å². The van der Waals surface area contributed by atoms with Crippen molar-refractivity contribution in [3.63, 3.8) is 0 Å². The summed E-state index contributed by atoms with van der Waals surface area (Å²) in [4.78, 5) is 30.2. The van der Waals surface area contributed by atoms with Crippen molar-refractivity contribution in [3.05, 3.63) is 22.9 Å². The molecule has 0 amide bonds. The summed E-state index contributed by atoms with van der Waals surface area (Å²) in [6.07, 6.45) is 2.71. The molecule has 0 saturated heterocycles. The predicted molar refractivity (Wildman–Crippen MR) is 49.5 cm³/mol. The van der Waals surface area contributed by atoms with Gasteiger partial charge >= 0.3 is 11.5 Å². The third kappa shape index (κ3) is 1.58. The van der Waals surface area contributed by atoms with Crippen LogP contribution in [0.25, 0.3) is 5.78 Å². The van der Waals surface area contributed by atoms with Crippen molar-refractivity contribution in [3.8, 4) is 5.75 Å². The van der Waals surface area contributed by atoms with E-state index in [1.54, 1.807) is 6.92 Å². The summed E-state index contributed by atoms with van der Waals surface area (Å²) in [5.74, 6) is -0.353. The normalized spacial score (nSPS) is 10.5. The third-order valence-corrected chi connectivity index (χ3v) is 1.79. The Balaban J connectivity index is 2.48. The highest BCUT2D eigenvalue weighted by atomic mass is 16.5. The van der Waals surface area contributed by atoms with Gasteiger partial charge in [-0.2, -0.15) is 4.52 Å². The van der Waals surface area contributed by atoms with E-state index in [1.165, 1.54) is 12.5 Å². The van der Waals surface area contributed by atoms with E-state index in [9.17, 15) is 9.59 Å². The summed E-state index contributed by atoms with van der Waals surface area (Å²) >= 11 is 0. The highest BCUT2D eigenvalue weighted by molar-refractivity contribution is 5.71. The van der Waals surface area contributed by atoms with Crippen LogP contribution in [0.3, 0.4) is 0 Å². The van der Waals surface area contributed by atoms with Gasteiger partial charge in [-0.1, -0.05) is 6.92 Å². The molecular formula is C8H8N4O3. The second-order valence-electron chi connectivity index (χ2n) is 2.78. The summed E-state index contributed by atoms with van der Waals surface area (Å²) in [7, 11) is 0. The number of aromatic amines is 1. The summed E-state index contributed by atoms with van der Waals surface area (Å²) in [5, 5.41) is 2.56. The van der Waals surface area contributed by atoms with Gasteiger partial charge in [0.2, 0.25) is 5.75 Å². The van der Waals surface area contributed by atoms with Crippen LogP contribution in [-0.2, 0) is 4.79 Å². The van der Waals surface area contributed by atoms with Gasteiger partial charge in [0.25, 0.3) is 5.78 Å². The Hall–Kier alpha value is -2.18. The highest BCUT2D eigenvalue weighted by Gasteiger charge is 2.10. The number of fused-ring (bicyclic) bond motifs is 1. The van der Waals surface area contributed by atoms with Crippen LogP contribution in [0.5, 0.6) is 5.75 Å². The standard InChI is InChI=1S/C8H8N4O3/c1-2-6(13)15-5-3-9-8-10-4-11-12(8)7(5)14/h3-4H,2H2,1H3,(H,9,10,11). The Labute approximate surface area is 83.7 Å². The zero-order valence-electron chi connectivity index (χ0n) is 7.93. The molecule has 2 heterocycles. The minimum atomic E-state index is -0.487. The van der Waals surface area contributed by atoms with Crippen molar-refractivity contribution in [2.45, 2.75) is 13.3 Å². The molecule has 0 atom stereocenters. The van der Waals surface area contributed by atoms with Crippen LogP contribution >= 0.6 is 0 Å². The molecular weight excluding hydrogens is 200 g/mol. The van der Waals surface area contributed by atoms with Crippen LogP contribution in [0.2, 0.25) is 0 Å². The molecule has 78 valence electrons. The molecule has 15 heavy (non-hydrogen) atoms. The number of aromatic nitrogens is 4. The number of hydrogen-bond donors (Lipinski definition) is 1. The Morgan fingerprint density at radius 2 is 2.40 bits per heavy atom. The van der Waals surface area contributed by atoms with E-state index in [4.69, 9.17) is 4.74 Å². The fourth-order valence-corrected chi connectivity index (χ4v) is 1.05. The van der Waals surface area contributed by atoms with Gasteiger partial charge in [-0.3, -0.25) is 14.7 Å². The van der Waals surface area contributed by atoms with Gasteiger partial charge in [0.15, 0.2) is 0 Å². The number of carbonyl (C=O) groups excluding carboxylic acids is 1. The first-order valence-electron chi connectivity index (χ1n) is 4.34. The number of carbonyl (C=O) groups is 1. The smallest absolute Gasteiger partial charge is 0.317 e. The predicted octanol–water partition coefficient (Wildman–Crippen LogP) is -0.267. The van der Waals surface area contributed by atoms with E-state index >= 15 is 0 Å². The van der Waals surface area contributed by atoms with Gasteiger partial charge < -0.3 is 4.74 Å². The van der Waals surface area contributed by atoms with Crippen LogP contribution in [0.1, 0.15) is 13.3 Å². The van der Waals surface area contributed by atoms with Gasteiger partial charge in [-0.15, -0.1) is 0 Å². The summed E-state index contributed by atoms with van der Waals surface area (Å²) in [6, 6.07) is 0. The number of hydrogen-bond acceptors (Lipinski definition) is 5. The molecule has 0 aliphatic rings. The lowest BCUT2D eigenvalue weighted by molar-refractivity contribution is -0.134. The molecule has 0 unspecified atom stereocenters. The maximum atomic E-state index is 11.6. The first kappa shape index (κ1) is 9.38. The van der Waals surface area contributed by atoms with Crippen LogP contribution in [0, 0.1) is 0 Å². The number of esters is 1.